The Kier molecular flexibility index (Phi) is 5.82. The van der Waals surface area contributed by atoms with Gasteiger partial charge < -0.3 is 10.2 Å². The average Bonchev–Trinajstić information content (AvgIpc) is 3.02. The highest BCUT2D eigenvalue weighted by Gasteiger charge is 2.25. The van der Waals surface area contributed by atoms with Crippen molar-refractivity contribution in [3.63, 3.8) is 0 Å². The molecule has 2 heterocycles. The number of hydrogen-bond donors (Lipinski definition) is 2. The maximum Gasteiger partial charge on any atom is 0.317 e. The molecule has 1 aliphatic rings. The van der Waals surface area contributed by atoms with E-state index in [2.05, 4.69) is 17.0 Å². The number of urea groups is 1. The molecule has 0 bridgehead atoms. The summed E-state index contributed by atoms with van der Waals surface area (Å²) in [6, 6.07) is 3.56. The summed E-state index contributed by atoms with van der Waals surface area (Å²) in [5.41, 5.74) is 0. The summed E-state index contributed by atoms with van der Waals surface area (Å²) in [6.07, 6.45) is 4.26. The van der Waals surface area contributed by atoms with Gasteiger partial charge in [0.05, 0.1) is 6.54 Å². The number of carbonyl (C=O) groups excluding carboxylic acids is 1. The standard InChI is InChI=1S/C14H23N3O3S2/c1-3-11-6-4-5-9-17(11)14(18)16-10-12-7-8-13(21-12)22(19,20)15-2/h7-8,11,15H,3-6,9-10H2,1-2H3,(H,16,18). The first-order valence-corrected chi connectivity index (χ1v) is 9.84. The third-order valence-electron chi connectivity index (χ3n) is 3.94. The van der Waals surface area contributed by atoms with E-state index in [1.165, 1.54) is 24.8 Å². The fourth-order valence-electron chi connectivity index (χ4n) is 2.65. The van der Waals surface area contributed by atoms with Crippen LogP contribution < -0.4 is 10.0 Å². The van der Waals surface area contributed by atoms with Crippen molar-refractivity contribution in [3.8, 4) is 0 Å². The van der Waals surface area contributed by atoms with Crippen LogP contribution in [-0.2, 0) is 16.6 Å². The third-order valence-corrected chi connectivity index (χ3v) is 6.94. The van der Waals surface area contributed by atoms with Gasteiger partial charge in [-0.1, -0.05) is 6.92 Å². The van der Waals surface area contributed by atoms with Crippen molar-refractivity contribution in [2.24, 2.45) is 0 Å². The first-order valence-electron chi connectivity index (χ1n) is 7.54. The third kappa shape index (κ3) is 3.99. The van der Waals surface area contributed by atoms with Crippen molar-refractivity contribution in [3.05, 3.63) is 17.0 Å². The molecule has 2 rings (SSSR count). The number of sulfonamides is 1. The maximum atomic E-state index is 12.3. The summed E-state index contributed by atoms with van der Waals surface area (Å²) < 4.78 is 25.9. The molecule has 0 aromatic carbocycles. The normalized spacial score (nSPS) is 19.2. The van der Waals surface area contributed by atoms with Crippen LogP contribution in [-0.4, -0.2) is 39.0 Å². The number of piperidine rings is 1. The summed E-state index contributed by atoms with van der Waals surface area (Å²) in [7, 11) is -2.02. The zero-order valence-corrected chi connectivity index (χ0v) is 14.6. The minimum Gasteiger partial charge on any atom is -0.333 e. The van der Waals surface area contributed by atoms with Gasteiger partial charge in [0.15, 0.2) is 0 Å². The Bertz CT molecular complexity index is 613. The second-order valence-corrected chi connectivity index (χ2v) is 8.62. The maximum absolute atomic E-state index is 12.3. The van der Waals surface area contributed by atoms with E-state index in [-0.39, 0.29) is 10.2 Å². The fraction of sp³-hybridized carbons (Fsp3) is 0.643. The molecule has 124 valence electrons. The molecule has 0 saturated carbocycles. The molecule has 1 saturated heterocycles. The average molecular weight is 345 g/mol. The summed E-state index contributed by atoms with van der Waals surface area (Å²) in [5, 5.41) is 2.90. The molecule has 0 aliphatic carbocycles. The lowest BCUT2D eigenvalue weighted by molar-refractivity contribution is 0.148. The summed E-state index contributed by atoms with van der Waals surface area (Å²) in [5.74, 6) is 0. The predicted molar refractivity (Wildman–Crippen MR) is 87.4 cm³/mol. The van der Waals surface area contributed by atoms with Gasteiger partial charge in [-0.25, -0.2) is 17.9 Å². The molecule has 6 nitrogen and oxygen atoms in total. The highest BCUT2D eigenvalue weighted by atomic mass is 32.2. The monoisotopic (exact) mass is 345 g/mol. The Morgan fingerprint density at radius 3 is 2.86 bits per heavy atom. The molecule has 1 aliphatic heterocycles. The SMILES string of the molecule is CCC1CCCCN1C(=O)NCc1ccc(S(=O)(=O)NC)s1. The second kappa shape index (κ2) is 7.43. The molecule has 8 heteroatoms. The van der Waals surface area contributed by atoms with Crippen LogP contribution in [0.3, 0.4) is 0 Å². The first kappa shape index (κ1) is 17.2. The molecule has 1 aromatic rings. The Hall–Kier alpha value is -1.12. The van der Waals surface area contributed by atoms with Crippen molar-refractivity contribution >= 4 is 27.4 Å². The van der Waals surface area contributed by atoms with E-state index in [9.17, 15) is 13.2 Å². The van der Waals surface area contributed by atoms with Gasteiger partial charge in [-0.3, -0.25) is 0 Å². The quantitative estimate of drug-likeness (QED) is 0.858. The Labute approximate surface area is 135 Å². The molecule has 2 N–H and O–H groups in total. The van der Waals surface area contributed by atoms with E-state index < -0.39 is 10.0 Å². The van der Waals surface area contributed by atoms with Crippen LogP contribution in [0.5, 0.6) is 0 Å². The predicted octanol–water partition coefficient (Wildman–Crippen LogP) is 2.13. The zero-order chi connectivity index (χ0) is 16.2. The zero-order valence-electron chi connectivity index (χ0n) is 13.0. The molecule has 0 spiro atoms. The van der Waals surface area contributed by atoms with Crippen LogP contribution >= 0.6 is 11.3 Å². The minimum atomic E-state index is -3.40. The molecule has 1 atom stereocenters. The summed E-state index contributed by atoms with van der Waals surface area (Å²) >= 11 is 1.18. The molecular formula is C14H23N3O3S2. The lowest BCUT2D eigenvalue weighted by Gasteiger charge is -2.35. The van der Waals surface area contributed by atoms with Gasteiger partial charge in [0.25, 0.3) is 0 Å². The van der Waals surface area contributed by atoms with Crippen molar-refractivity contribution in [1.82, 2.24) is 14.9 Å². The van der Waals surface area contributed by atoms with E-state index in [4.69, 9.17) is 0 Å². The van der Waals surface area contributed by atoms with Crippen molar-refractivity contribution in [2.75, 3.05) is 13.6 Å². The largest absolute Gasteiger partial charge is 0.333 e. The minimum absolute atomic E-state index is 0.0574. The van der Waals surface area contributed by atoms with Crippen LogP contribution in [0.25, 0.3) is 0 Å². The number of carbonyl (C=O) groups is 1. The van der Waals surface area contributed by atoms with Gasteiger partial charge in [-0.15, -0.1) is 11.3 Å². The van der Waals surface area contributed by atoms with Gasteiger partial charge in [-0.2, -0.15) is 0 Å². The lowest BCUT2D eigenvalue weighted by Crippen LogP contribution is -2.48. The molecule has 1 aromatic heterocycles. The Morgan fingerprint density at radius 2 is 2.18 bits per heavy atom. The van der Waals surface area contributed by atoms with Gasteiger partial charge in [0.2, 0.25) is 10.0 Å². The van der Waals surface area contributed by atoms with Gasteiger partial charge >= 0.3 is 6.03 Å². The van der Waals surface area contributed by atoms with Crippen LogP contribution in [0.2, 0.25) is 0 Å². The number of nitrogens with one attached hydrogen (secondary N) is 2. The molecule has 2 amide bonds. The number of nitrogens with zero attached hydrogens (tertiary/aromatic N) is 1. The highest BCUT2D eigenvalue weighted by Crippen LogP contribution is 2.22. The highest BCUT2D eigenvalue weighted by molar-refractivity contribution is 7.91. The molecular weight excluding hydrogens is 322 g/mol. The van der Waals surface area contributed by atoms with Crippen molar-refractivity contribution in [1.29, 1.82) is 0 Å². The molecule has 22 heavy (non-hydrogen) atoms. The van der Waals surface area contributed by atoms with Crippen LogP contribution in [0.1, 0.15) is 37.5 Å². The lowest BCUT2D eigenvalue weighted by atomic mass is 10.0. The van der Waals surface area contributed by atoms with E-state index in [1.54, 1.807) is 12.1 Å². The van der Waals surface area contributed by atoms with Gasteiger partial charge in [-0.05, 0) is 44.9 Å². The van der Waals surface area contributed by atoms with Gasteiger partial charge in [0.1, 0.15) is 4.21 Å². The second-order valence-electron chi connectivity index (χ2n) is 5.34. The van der Waals surface area contributed by atoms with Crippen LogP contribution in [0.4, 0.5) is 4.79 Å². The number of hydrogen-bond acceptors (Lipinski definition) is 4. The number of amides is 2. The number of likely N-dealkylation sites (tertiary alicyclic amines) is 1. The number of rotatable bonds is 5. The topological polar surface area (TPSA) is 78.5 Å². The van der Waals surface area contributed by atoms with Gasteiger partial charge in [0, 0.05) is 17.5 Å². The van der Waals surface area contributed by atoms with Crippen LogP contribution in [0.15, 0.2) is 16.3 Å². The van der Waals surface area contributed by atoms with E-state index in [1.807, 2.05) is 4.90 Å². The fourth-order valence-corrected chi connectivity index (χ4v) is 4.79. The number of thiophene rings is 1. The van der Waals surface area contributed by atoms with E-state index in [0.717, 1.165) is 30.7 Å². The first-order chi connectivity index (χ1) is 10.5. The smallest absolute Gasteiger partial charge is 0.317 e. The molecule has 0 radical (unpaired) electrons. The van der Waals surface area contributed by atoms with E-state index in [0.29, 0.717) is 12.6 Å². The summed E-state index contributed by atoms with van der Waals surface area (Å²) in [4.78, 5) is 15.0. The Balaban J connectivity index is 1.94. The molecule has 1 fully saturated rings. The Morgan fingerprint density at radius 1 is 1.41 bits per heavy atom. The summed E-state index contributed by atoms with van der Waals surface area (Å²) in [6.45, 7) is 3.26. The van der Waals surface area contributed by atoms with Crippen molar-refractivity contribution < 1.29 is 13.2 Å². The van der Waals surface area contributed by atoms with E-state index >= 15 is 0 Å². The van der Waals surface area contributed by atoms with Crippen molar-refractivity contribution in [2.45, 2.75) is 49.4 Å². The van der Waals surface area contributed by atoms with Crippen LogP contribution in [0, 0.1) is 0 Å². The molecule has 1 unspecified atom stereocenters.